The van der Waals surface area contributed by atoms with E-state index in [1.807, 2.05) is 36.4 Å². The van der Waals surface area contributed by atoms with Gasteiger partial charge >= 0.3 is 41.9 Å². The second kappa shape index (κ2) is 32.6. The molecule has 2 fully saturated rings. The molecular formula is C32H48F2N6O16. The van der Waals surface area contributed by atoms with Crippen molar-refractivity contribution in [2.45, 2.75) is 84.9 Å². The lowest BCUT2D eigenvalue weighted by Gasteiger charge is -2.20. The molecule has 2 aliphatic rings. The van der Waals surface area contributed by atoms with Crippen LogP contribution in [0.3, 0.4) is 0 Å². The number of carboxylic acid groups (broad SMARTS) is 1. The quantitative estimate of drug-likeness (QED) is 0.0413. The molecule has 0 bridgehead atoms. The molecular weight excluding hydrogens is 762 g/mol. The van der Waals surface area contributed by atoms with Crippen LogP contribution in [-0.4, -0.2) is 116 Å². The van der Waals surface area contributed by atoms with Gasteiger partial charge in [-0.1, -0.05) is 41.5 Å². The van der Waals surface area contributed by atoms with Crippen LogP contribution in [0.5, 0.6) is 0 Å². The van der Waals surface area contributed by atoms with E-state index >= 15 is 0 Å². The molecule has 1 aromatic rings. The molecule has 316 valence electrons. The van der Waals surface area contributed by atoms with E-state index in [2.05, 4.69) is 45.3 Å². The number of aliphatic hydroxyl groups excluding tert-OH is 1. The first-order chi connectivity index (χ1) is 26.1. The van der Waals surface area contributed by atoms with E-state index in [1.165, 1.54) is 13.8 Å². The summed E-state index contributed by atoms with van der Waals surface area (Å²) in [6.45, 7) is 11.8. The highest BCUT2D eigenvalue weighted by atomic mass is 19.3. The van der Waals surface area contributed by atoms with Crippen molar-refractivity contribution in [3.05, 3.63) is 46.8 Å². The summed E-state index contributed by atoms with van der Waals surface area (Å²) >= 11 is 0. The molecule has 6 N–H and O–H groups in total. The van der Waals surface area contributed by atoms with Crippen LogP contribution in [0.15, 0.2) is 41.5 Å². The van der Waals surface area contributed by atoms with E-state index in [0.29, 0.717) is 19.8 Å². The number of halogens is 2. The van der Waals surface area contributed by atoms with E-state index < -0.39 is 78.4 Å². The molecule has 2 heterocycles. The molecule has 22 nitrogen and oxygen atoms in total. The van der Waals surface area contributed by atoms with Crippen molar-refractivity contribution in [1.29, 1.82) is 0 Å². The number of nitrogens with zero attached hydrogens (tertiary/aromatic N) is 3. The van der Waals surface area contributed by atoms with E-state index in [1.54, 1.807) is 27.7 Å². The Kier molecular flexibility index (Phi) is 31.8. The Morgan fingerprint density at radius 1 is 0.964 bits per heavy atom. The Morgan fingerprint density at radius 3 is 1.79 bits per heavy atom. The number of alkyl halides is 2. The van der Waals surface area contributed by atoms with Gasteiger partial charge in [0.2, 0.25) is 0 Å². The second-order valence-corrected chi connectivity index (χ2v) is 11.0. The summed E-state index contributed by atoms with van der Waals surface area (Å²) in [7, 11) is 0. The largest absolute Gasteiger partial charge is 0.544 e. The number of nitrogens with one attached hydrogen (secondary N) is 2. The predicted molar refractivity (Wildman–Crippen MR) is 182 cm³/mol. The van der Waals surface area contributed by atoms with Gasteiger partial charge in [0.1, 0.15) is 23.7 Å². The van der Waals surface area contributed by atoms with Crippen LogP contribution in [0, 0.1) is 0 Å². The fourth-order valence-electron chi connectivity index (χ4n) is 3.01. The van der Waals surface area contributed by atoms with Gasteiger partial charge in [0.25, 0.3) is 12.8 Å². The highest BCUT2D eigenvalue weighted by molar-refractivity contribution is 5.97. The summed E-state index contributed by atoms with van der Waals surface area (Å²) in [5.41, 5.74) is 10.8. The number of carboxylic acids is 1. The maximum absolute atomic E-state index is 11.3. The molecule has 0 radical (unpaired) electrons. The van der Waals surface area contributed by atoms with Crippen molar-refractivity contribution in [1.82, 2.24) is 10.6 Å². The average Bonchev–Trinajstić information content (AvgIpc) is 3.58. The van der Waals surface area contributed by atoms with Gasteiger partial charge < -0.3 is 54.5 Å². The molecule has 1 unspecified atom stereocenters. The number of hydrogen-bond acceptors (Lipinski definition) is 18. The van der Waals surface area contributed by atoms with Crippen molar-refractivity contribution in [2.75, 3.05) is 32.9 Å². The number of cyclic esters (lactones) is 3. The third-order valence-electron chi connectivity index (χ3n) is 4.91. The maximum atomic E-state index is 11.3. The van der Waals surface area contributed by atoms with Gasteiger partial charge in [0.05, 0.1) is 39.2 Å². The molecule has 24 heteroatoms. The molecule has 0 aromatic heterocycles. The van der Waals surface area contributed by atoms with Gasteiger partial charge in [-0.15, -0.1) is 0 Å². The number of amides is 1. The Labute approximate surface area is 319 Å². The first kappa shape index (κ1) is 54.5. The van der Waals surface area contributed by atoms with E-state index in [9.17, 15) is 42.3 Å². The maximum Gasteiger partial charge on any atom is 0.415 e. The Balaban J connectivity index is -0.000000626. The van der Waals surface area contributed by atoms with Crippen LogP contribution in [0.4, 0.5) is 13.6 Å². The number of aliphatic carboxylic acids is 1. The molecule has 0 spiro atoms. The van der Waals surface area contributed by atoms with Crippen LogP contribution < -0.4 is 21.5 Å². The van der Waals surface area contributed by atoms with E-state index in [-0.39, 0.29) is 19.4 Å². The normalized spacial score (nSPS) is 16.1. The molecule has 2 saturated heterocycles. The van der Waals surface area contributed by atoms with Gasteiger partial charge in [-0.25, -0.2) is 23.7 Å². The first-order valence-electron chi connectivity index (χ1n) is 16.2. The van der Waals surface area contributed by atoms with Gasteiger partial charge in [-0.2, -0.15) is 0 Å². The number of aliphatic hydroxyl groups is 1. The minimum Gasteiger partial charge on any atom is -0.544 e. The summed E-state index contributed by atoms with van der Waals surface area (Å²) in [5, 5.41) is 25.6. The number of esters is 6. The summed E-state index contributed by atoms with van der Waals surface area (Å²) < 4.78 is 48.1. The number of azide groups is 1. The lowest BCUT2D eigenvalue weighted by atomic mass is 10.2. The topological polar surface area (TPSA) is 336 Å². The van der Waals surface area contributed by atoms with Crippen LogP contribution in [0.1, 0.15) is 54.4 Å². The van der Waals surface area contributed by atoms with Crippen molar-refractivity contribution in [3.8, 4) is 0 Å². The smallest absolute Gasteiger partial charge is 0.415 e. The zero-order chi connectivity index (χ0) is 43.7. The van der Waals surface area contributed by atoms with Gasteiger partial charge in [-0.05, 0) is 33.2 Å². The summed E-state index contributed by atoms with van der Waals surface area (Å²) in [6.07, 6.45) is -5.82. The highest BCUT2D eigenvalue weighted by Gasteiger charge is 2.35. The third kappa shape index (κ3) is 36.5. The number of hydrogen-bond donors (Lipinski definition) is 4. The number of alkyl carbamates (subject to hydrolysis) is 1. The monoisotopic (exact) mass is 810 g/mol. The zero-order valence-corrected chi connectivity index (χ0v) is 31.6. The molecule has 1 amide bonds. The molecule has 1 aromatic carbocycles. The first-order valence-corrected chi connectivity index (χ1v) is 16.2. The minimum absolute atomic E-state index is 0.146. The van der Waals surface area contributed by atoms with Crippen LogP contribution >= 0.6 is 0 Å². The van der Waals surface area contributed by atoms with Gasteiger partial charge in [-0.3, -0.25) is 24.0 Å². The van der Waals surface area contributed by atoms with E-state index in [4.69, 9.17) is 30.0 Å². The van der Waals surface area contributed by atoms with Crippen LogP contribution in [0.25, 0.3) is 10.4 Å². The van der Waals surface area contributed by atoms with Crippen molar-refractivity contribution in [3.63, 3.8) is 0 Å². The predicted octanol–water partition coefficient (Wildman–Crippen LogP) is -0.577. The average molecular weight is 811 g/mol. The number of carbonyl (C=O) groups excluding carboxylic acids is 8. The molecule has 3 atom stereocenters. The minimum atomic E-state index is -3.34. The highest BCUT2D eigenvalue weighted by Crippen LogP contribution is 2.12. The number of quaternary nitrogens is 1. The third-order valence-corrected chi connectivity index (χ3v) is 4.91. The van der Waals surface area contributed by atoms with Crippen LogP contribution in [0.2, 0.25) is 0 Å². The fraction of sp³-hybridized carbons (Fsp3) is 0.562. The molecule has 56 heavy (non-hydrogen) atoms. The molecule has 0 aliphatic carbocycles. The summed E-state index contributed by atoms with van der Waals surface area (Å²) in [4.78, 5) is 85.5. The lowest BCUT2D eigenvalue weighted by Crippen LogP contribution is -2.52. The second-order valence-electron chi connectivity index (χ2n) is 11.0. The number of rotatable bonds is 11. The Hall–Kier alpha value is -5.81. The lowest BCUT2D eigenvalue weighted by molar-refractivity contribution is -0.374. The van der Waals surface area contributed by atoms with Crippen LogP contribution in [-0.2, 0) is 62.0 Å². The number of benzene rings is 1. The SMILES string of the molecule is CC(=O)OC(C)=O.CC(C)(C)OC(=O)C[C@@H]1NC(O)OC1=O.CCOC(=O)C[C@@H]1NC(=O)OC1=O.O=C([O-])C(F)F.[N-]=[N+]=NCCOCC[NH3+].c1ccccc1. The Morgan fingerprint density at radius 2 is 1.46 bits per heavy atom. The molecule has 3 rings (SSSR count). The van der Waals surface area contributed by atoms with Crippen molar-refractivity contribution < 1.29 is 91.5 Å². The number of ether oxygens (including phenoxy) is 6. The Bertz CT molecular complexity index is 1370. The molecule has 2 aliphatic heterocycles. The summed E-state index contributed by atoms with van der Waals surface area (Å²) in [6, 6.07) is 10.3. The standard InChI is InChI=1S/C9H15NO5.C7H9NO5.C6H6.C4H10N4O.C4H6O3.C2H2F2O2/c1-9(2,3)15-6(11)4-5-7(12)14-8(13)10-5;1-2-12-5(9)3-4-6(10)13-7(11)8-4;1-2-4-6-5-3-1;5-1-3-9-4-2-7-8-6;1-3(5)7-4(2)6;3-1(4)2(5)6/h5,8,10,13H,4H2,1-3H3;4H,2-3H2,1H3,(H,8,11);1-6H;1-5H2;1-2H3;1H,(H,5,6)/t5-,8?;4-;;;;/m00..../s1. The number of carbonyl (C=O) groups is 8. The van der Waals surface area contributed by atoms with Gasteiger partial charge in [0.15, 0.2) is 0 Å². The van der Waals surface area contributed by atoms with Gasteiger partial charge in [0, 0.05) is 25.3 Å². The van der Waals surface area contributed by atoms with Crippen molar-refractivity contribution >= 4 is 47.9 Å². The van der Waals surface area contributed by atoms with Crippen molar-refractivity contribution in [2.24, 2.45) is 5.11 Å². The summed E-state index contributed by atoms with van der Waals surface area (Å²) in [5.74, 6) is -5.88. The zero-order valence-electron chi connectivity index (χ0n) is 31.6. The molecule has 0 saturated carbocycles. The van der Waals surface area contributed by atoms with E-state index in [0.717, 1.165) is 6.54 Å². The fourth-order valence-corrected chi connectivity index (χ4v) is 3.01.